The first-order chi connectivity index (χ1) is 9.13. The molecule has 0 amide bonds. The van der Waals surface area contributed by atoms with Gasteiger partial charge in [0.25, 0.3) is 0 Å². The Morgan fingerprint density at radius 2 is 1.89 bits per heavy atom. The van der Waals surface area contributed by atoms with Gasteiger partial charge in [-0.1, -0.05) is 37.3 Å². The molecular formula is C17H20FN. The first-order valence-corrected chi connectivity index (χ1v) is 6.67. The quantitative estimate of drug-likeness (QED) is 0.872. The second-order valence-corrected chi connectivity index (χ2v) is 4.88. The highest BCUT2D eigenvalue weighted by Crippen LogP contribution is 2.24. The van der Waals surface area contributed by atoms with E-state index in [9.17, 15) is 4.39 Å². The van der Waals surface area contributed by atoms with Gasteiger partial charge < -0.3 is 5.32 Å². The van der Waals surface area contributed by atoms with Gasteiger partial charge in [0.1, 0.15) is 5.82 Å². The number of hydrogen-bond acceptors (Lipinski definition) is 1. The molecule has 1 unspecified atom stereocenters. The van der Waals surface area contributed by atoms with Gasteiger partial charge in [-0.15, -0.1) is 0 Å². The normalized spacial score (nSPS) is 12.4. The Morgan fingerprint density at radius 1 is 1.11 bits per heavy atom. The number of nitrogens with one attached hydrogen (secondary N) is 1. The van der Waals surface area contributed by atoms with E-state index in [0.29, 0.717) is 0 Å². The van der Waals surface area contributed by atoms with Crippen LogP contribution in [0, 0.1) is 12.7 Å². The van der Waals surface area contributed by atoms with Gasteiger partial charge in [0, 0.05) is 0 Å². The van der Waals surface area contributed by atoms with E-state index >= 15 is 0 Å². The molecule has 0 fully saturated rings. The van der Waals surface area contributed by atoms with Gasteiger partial charge >= 0.3 is 0 Å². The Labute approximate surface area is 114 Å². The van der Waals surface area contributed by atoms with Crippen LogP contribution < -0.4 is 5.32 Å². The molecule has 0 aromatic heterocycles. The molecule has 2 rings (SSSR count). The molecule has 2 aromatic carbocycles. The minimum Gasteiger partial charge on any atom is -0.309 e. The van der Waals surface area contributed by atoms with Crippen LogP contribution in [0.1, 0.15) is 35.2 Å². The van der Waals surface area contributed by atoms with Gasteiger partial charge in [-0.05, 0) is 54.8 Å². The fourth-order valence-corrected chi connectivity index (χ4v) is 2.45. The summed E-state index contributed by atoms with van der Waals surface area (Å²) in [4.78, 5) is 0. The van der Waals surface area contributed by atoms with Crippen molar-refractivity contribution in [2.75, 3.05) is 7.05 Å². The van der Waals surface area contributed by atoms with E-state index in [1.54, 1.807) is 12.1 Å². The highest BCUT2D eigenvalue weighted by Gasteiger charge is 2.13. The first-order valence-electron chi connectivity index (χ1n) is 6.67. The van der Waals surface area contributed by atoms with Crippen molar-refractivity contribution in [1.82, 2.24) is 5.32 Å². The van der Waals surface area contributed by atoms with Gasteiger partial charge in [0.2, 0.25) is 0 Å². The summed E-state index contributed by atoms with van der Waals surface area (Å²) in [7, 11) is 1.91. The van der Waals surface area contributed by atoms with Crippen LogP contribution in [0.3, 0.4) is 0 Å². The maximum atomic E-state index is 13.6. The molecular weight excluding hydrogens is 237 g/mol. The topological polar surface area (TPSA) is 12.0 Å². The first kappa shape index (κ1) is 13.8. The zero-order valence-electron chi connectivity index (χ0n) is 11.7. The third-order valence-electron chi connectivity index (χ3n) is 3.38. The molecule has 0 aliphatic carbocycles. The SMILES string of the molecule is CCc1cccc(C(NC)c2cc(C)cc(F)c2)c1. The largest absolute Gasteiger partial charge is 0.309 e. The maximum Gasteiger partial charge on any atom is 0.123 e. The van der Waals surface area contributed by atoms with Crippen molar-refractivity contribution in [2.24, 2.45) is 0 Å². The van der Waals surface area contributed by atoms with Crippen LogP contribution in [0.15, 0.2) is 42.5 Å². The molecule has 100 valence electrons. The fourth-order valence-electron chi connectivity index (χ4n) is 2.45. The molecule has 0 saturated carbocycles. The lowest BCUT2D eigenvalue weighted by molar-refractivity contribution is 0.615. The van der Waals surface area contributed by atoms with Gasteiger partial charge in [-0.2, -0.15) is 0 Å². The summed E-state index contributed by atoms with van der Waals surface area (Å²) < 4.78 is 13.6. The third kappa shape index (κ3) is 3.21. The maximum absolute atomic E-state index is 13.6. The lowest BCUT2D eigenvalue weighted by Crippen LogP contribution is -2.18. The van der Waals surface area contributed by atoms with E-state index in [1.165, 1.54) is 11.1 Å². The van der Waals surface area contributed by atoms with Crippen molar-refractivity contribution in [3.05, 3.63) is 70.5 Å². The summed E-state index contributed by atoms with van der Waals surface area (Å²) in [6.45, 7) is 4.06. The van der Waals surface area contributed by atoms with Crippen molar-refractivity contribution in [1.29, 1.82) is 0 Å². The van der Waals surface area contributed by atoms with Crippen molar-refractivity contribution < 1.29 is 4.39 Å². The summed E-state index contributed by atoms with van der Waals surface area (Å²) in [6.07, 6.45) is 1.01. The van der Waals surface area contributed by atoms with Crippen molar-refractivity contribution in [3.63, 3.8) is 0 Å². The molecule has 0 heterocycles. The van der Waals surface area contributed by atoms with E-state index in [4.69, 9.17) is 0 Å². The molecule has 2 aromatic rings. The van der Waals surface area contributed by atoms with Crippen molar-refractivity contribution >= 4 is 0 Å². The van der Waals surface area contributed by atoms with E-state index in [2.05, 4.69) is 36.5 Å². The number of halogens is 1. The standard InChI is InChI=1S/C17H20FN/c1-4-13-6-5-7-14(10-13)17(19-3)15-8-12(2)9-16(18)11-15/h5-11,17,19H,4H2,1-3H3. The zero-order valence-corrected chi connectivity index (χ0v) is 11.7. The summed E-state index contributed by atoms with van der Waals surface area (Å²) in [5.74, 6) is -0.179. The highest BCUT2D eigenvalue weighted by atomic mass is 19.1. The Balaban J connectivity index is 2.43. The average Bonchev–Trinajstić information content (AvgIpc) is 2.39. The summed E-state index contributed by atoms with van der Waals surface area (Å²) in [5, 5.41) is 3.27. The Hall–Kier alpha value is -1.67. The van der Waals surface area contributed by atoms with Crippen LogP contribution in [0.2, 0.25) is 0 Å². The minimum absolute atomic E-state index is 0.0286. The molecule has 0 aliphatic heterocycles. The highest BCUT2D eigenvalue weighted by molar-refractivity contribution is 5.36. The van der Waals surface area contributed by atoms with Crippen LogP contribution in [0.5, 0.6) is 0 Å². The molecule has 0 aliphatic rings. The average molecular weight is 257 g/mol. The van der Waals surface area contributed by atoms with Gasteiger partial charge in [-0.3, -0.25) is 0 Å². The van der Waals surface area contributed by atoms with Crippen LogP contribution in [-0.2, 0) is 6.42 Å². The summed E-state index contributed by atoms with van der Waals surface area (Å²) in [6, 6.07) is 13.7. The molecule has 0 bridgehead atoms. The van der Waals surface area contributed by atoms with E-state index in [1.807, 2.05) is 20.0 Å². The van der Waals surface area contributed by atoms with Crippen LogP contribution >= 0.6 is 0 Å². The van der Waals surface area contributed by atoms with Gasteiger partial charge in [0.05, 0.1) is 6.04 Å². The second kappa shape index (κ2) is 5.98. The van der Waals surface area contributed by atoms with Gasteiger partial charge in [0.15, 0.2) is 0 Å². The van der Waals surface area contributed by atoms with Crippen LogP contribution in [-0.4, -0.2) is 7.05 Å². The molecule has 19 heavy (non-hydrogen) atoms. The predicted molar refractivity (Wildman–Crippen MR) is 77.9 cm³/mol. The van der Waals surface area contributed by atoms with Crippen LogP contribution in [0.4, 0.5) is 4.39 Å². The zero-order chi connectivity index (χ0) is 13.8. The van der Waals surface area contributed by atoms with Crippen LogP contribution in [0.25, 0.3) is 0 Å². The predicted octanol–water partition coefficient (Wildman–Crippen LogP) is 4.01. The summed E-state index contributed by atoms with van der Waals surface area (Å²) >= 11 is 0. The van der Waals surface area contributed by atoms with E-state index in [-0.39, 0.29) is 11.9 Å². The number of hydrogen-bond donors (Lipinski definition) is 1. The smallest absolute Gasteiger partial charge is 0.123 e. The minimum atomic E-state index is -0.179. The second-order valence-electron chi connectivity index (χ2n) is 4.88. The number of aryl methyl sites for hydroxylation is 2. The van der Waals surface area contributed by atoms with E-state index < -0.39 is 0 Å². The van der Waals surface area contributed by atoms with Gasteiger partial charge in [-0.25, -0.2) is 4.39 Å². The molecule has 0 saturated heterocycles. The lowest BCUT2D eigenvalue weighted by Gasteiger charge is -2.18. The Kier molecular flexibility index (Phi) is 4.33. The third-order valence-corrected chi connectivity index (χ3v) is 3.38. The summed E-state index contributed by atoms with van der Waals surface area (Å²) in [5.41, 5.74) is 4.38. The Morgan fingerprint density at radius 3 is 2.53 bits per heavy atom. The van der Waals surface area contributed by atoms with E-state index in [0.717, 1.165) is 17.5 Å². The molecule has 2 heteroatoms. The molecule has 0 spiro atoms. The Bertz CT molecular complexity index is 543. The molecule has 0 radical (unpaired) electrons. The van der Waals surface area contributed by atoms with Crippen molar-refractivity contribution in [3.8, 4) is 0 Å². The monoisotopic (exact) mass is 257 g/mol. The fraction of sp³-hybridized carbons (Fsp3) is 0.294. The molecule has 1 atom stereocenters. The van der Waals surface area contributed by atoms with Crippen molar-refractivity contribution in [2.45, 2.75) is 26.3 Å². The molecule has 1 N–H and O–H groups in total. The lowest BCUT2D eigenvalue weighted by atomic mass is 9.95. The number of rotatable bonds is 4. The molecule has 1 nitrogen and oxygen atoms in total. The number of benzene rings is 2.